The number of halogens is 1. The van der Waals surface area contributed by atoms with E-state index in [1.807, 2.05) is 29.2 Å². The number of nitrogens with zero attached hydrogens (tertiary/aromatic N) is 2. The van der Waals surface area contributed by atoms with Crippen LogP contribution in [0.5, 0.6) is 0 Å². The summed E-state index contributed by atoms with van der Waals surface area (Å²) in [6.07, 6.45) is 6.21. The van der Waals surface area contributed by atoms with Crippen LogP contribution in [0.1, 0.15) is 85.8 Å². The number of amides is 2. The van der Waals surface area contributed by atoms with E-state index in [1.54, 1.807) is 24.3 Å². The number of nitrogens with one attached hydrogen (secondary N) is 1. The minimum Gasteiger partial charge on any atom is -0.550 e. The van der Waals surface area contributed by atoms with Crippen LogP contribution in [0.15, 0.2) is 53.5 Å². The molecule has 1 atom stereocenters. The molecule has 0 saturated heterocycles. The minimum atomic E-state index is -1.21. The molecule has 2 amide bonds. The Morgan fingerprint density at radius 1 is 1.14 bits per heavy atom. The zero-order chi connectivity index (χ0) is 25.7. The molecule has 1 fully saturated rings. The molecule has 2 aromatic carbocycles. The molecule has 4 rings (SSSR count). The molecular formula is C28H31ClN3NaO4. The predicted octanol–water partition coefficient (Wildman–Crippen LogP) is 1.05. The van der Waals surface area contributed by atoms with Crippen molar-refractivity contribution in [2.75, 3.05) is 6.54 Å². The SMILES string of the molecule is CCC[C@H](c1ccc(C(=O)NCCC(=O)[O-])cc1)N1C(=O)C(c2cccc(Cl)c2)=NC12CCCCC2.[Na+]. The third-order valence-corrected chi connectivity index (χ3v) is 7.22. The molecule has 1 saturated carbocycles. The summed E-state index contributed by atoms with van der Waals surface area (Å²) in [6, 6.07) is 14.3. The van der Waals surface area contributed by atoms with Gasteiger partial charge in [-0.1, -0.05) is 55.6 Å². The Labute approximate surface area is 245 Å². The number of aliphatic imine (C=N–C) groups is 1. The molecular weight excluding hydrogens is 501 g/mol. The van der Waals surface area contributed by atoms with Crippen molar-refractivity contribution in [3.63, 3.8) is 0 Å². The van der Waals surface area contributed by atoms with Crippen LogP contribution in [0.2, 0.25) is 5.02 Å². The topological polar surface area (TPSA) is 102 Å². The van der Waals surface area contributed by atoms with E-state index in [0.29, 0.717) is 16.3 Å². The first-order valence-corrected chi connectivity index (χ1v) is 13.0. The third kappa shape index (κ3) is 6.63. The molecule has 2 aliphatic rings. The molecule has 9 heteroatoms. The van der Waals surface area contributed by atoms with Crippen LogP contribution >= 0.6 is 11.6 Å². The number of carbonyl (C=O) groups is 3. The monoisotopic (exact) mass is 531 g/mol. The van der Waals surface area contributed by atoms with Gasteiger partial charge in [-0.25, -0.2) is 0 Å². The number of carboxylic acids is 1. The normalized spacial score (nSPS) is 17.2. The van der Waals surface area contributed by atoms with Crippen molar-refractivity contribution in [1.29, 1.82) is 0 Å². The van der Waals surface area contributed by atoms with Crippen LogP contribution in [0.3, 0.4) is 0 Å². The first-order chi connectivity index (χ1) is 17.3. The number of rotatable bonds is 9. The average Bonchev–Trinajstić information content (AvgIpc) is 3.14. The van der Waals surface area contributed by atoms with Crippen LogP contribution in [0.25, 0.3) is 0 Å². The average molecular weight is 532 g/mol. The summed E-state index contributed by atoms with van der Waals surface area (Å²) in [4.78, 5) is 44.0. The second-order valence-corrected chi connectivity index (χ2v) is 9.93. The summed E-state index contributed by atoms with van der Waals surface area (Å²) in [5, 5.41) is 13.8. The van der Waals surface area contributed by atoms with Crippen molar-refractivity contribution in [2.45, 2.75) is 70.0 Å². The molecule has 37 heavy (non-hydrogen) atoms. The van der Waals surface area contributed by atoms with Crippen LogP contribution in [-0.2, 0) is 9.59 Å². The van der Waals surface area contributed by atoms with Crippen molar-refractivity contribution in [3.05, 3.63) is 70.2 Å². The van der Waals surface area contributed by atoms with E-state index in [0.717, 1.165) is 56.1 Å². The van der Waals surface area contributed by atoms with Gasteiger partial charge in [-0.15, -0.1) is 0 Å². The molecule has 0 radical (unpaired) electrons. The van der Waals surface area contributed by atoms with E-state index in [2.05, 4.69) is 12.2 Å². The van der Waals surface area contributed by atoms with Crippen molar-refractivity contribution in [2.24, 2.45) is 4.99 Å². The van der Waals surface area contributed by atoms with Crippen molar-refractivity contribution in [3.8, 4) is 0 Å². The van der Waals surface area contributed by atoms with E-state index in [9.17, 15) is 19.5 Å². The van der Waals surface area contributed by atoms with Gasteiger partial charge in [-0.3, -0.25) is 14.6 Å². The molecule has 1 aliphatic carbocycles. The maximum absolute atomic E-state index is 14.0. The molecule has 7 nitrogen and oxygen atoms in total. The summed E-state index contributed by atoms with van der Waals surface area (Å²) in [5.74, 6) is -1.64. The number of carboxylic acid groups (broad SMARTS) is 1. The van der Waals surface area contributed by atoms with E-state index in [-0.39, 0.29) is 60.4 Å². The van der Waals surface area contributed by atoms with Gasteiger partial charge in [0.2, 0.25) is 0 Å². The van der Waals surface area contributed by atoms with Gasteiger partial charge in [0.1, 0.15) is 11.4 Å². The van der Waals surface area contributed by atoms with Gasteiger partial charge in [-0.05, 0) is 61.9 Å². The van der Waals surface area contributed by atoms with Crippen LogP contribution in [0, 0.1) is 0 Å². The Bertz CT molecular complexity index is 1160. The van der Waals surface area contributed by atoms with Crippen LogP contribution < -0.4 is 40.0 Å². The number of hydrogen-bond acceptors (Lipinski definition) is 5. The first-order valence-electron chi connectivity index (χ1n) is 12.6. The quantitative estimate of drug-likeness (QED) is 0.489. The largest absolute Gasteiger partial charge is 1.00 e. The maximum atomic E-state index is 14.0. The fourth-order valence-corrected chi connectivity index (χ4v) is 5.48. The summed E-state index contributed by atoms with van der Waals surface area (Å²) >= 11 is 6.24. The molecule has 190 valence electrons. The number of carbonyl (C=O) groups excluding carboxylic acids is 3. The Morgan fingerprint density at radius 3 is 2.46 bits per heavy atom. The Balaban J connectivity index is 0.00000380. The fraction of sp³-hybridized carbons (Fsp3) is 0.429. The van der Waals surface area contributed by atoms with Gasteiger partial charge >= 0.3 is 29.6 Å². The van der Waals surface area contributed by atoms with Crippen molar-refractivity contribution in [1.82, 2.24) is 10.2 Å². The molecule has 1 N–H and O–H groups in total. The first kappa shape index (κ1) is 29.4. The van der Waals surface area contributed by atoms with Gasteiger partial charge in [0.05, 0.1) is 6.04 Å². The van der Waals surface area contributed by atoms with E-state index in [1.165, 1.54) is 0 Å². The van der Waals surface area contributed by atoms with Crippen molar-refractivity contribution >= 4 is 35.1 Å². The molecule has 1 spiro atoms. The molecule has 1 heterocycles. The molecule has 0 unspecified atom stereocenters. The van der Waals surface area contributed by atoms with Gasteiger partial charge < -0.3 is 20.1 Å². The summed E-state index contributed by atoms with van der Waals surface area (Å²) < 4.78 is 0. The third-order valence-electron chi connectivity index (χ3n) is 6.99. The van der Waals surface area contributed by atoms with Gasteiger partial charge in [-0.2, -0.15) is 0 Å². The summed E-state index contributed by atoms with van der Waals surface area (Å²) in [6.45, 7) is 2.11. The Hall–Kier alpha value is -2.19. The smallest absolute Gasteiger partial charge is 0.550 e. The fourth-order valence-electron chi connectivity index (χ4n) is 5.29. The Morgan fingerprint density at radius 2 is 1.84 bits per heavy atom. The number of hydrogen-bond donors (Lipinski definition) is 1. The van der Waals surface area contributed by atoms with Crippen LogP contribution in [-0.4, -0.2) is 40.6 Å². The second kappa shape index (κ2) is 13.1. The summed E-state index contributed by atoms with van der Waals surface area (Å²) in [5.41, 5.74) is 2.00. The van der Waals surface area contributed by atoms with Gasteiger partial charge in [0.25, 0.3) is 11.8 Å². The van der Waals surface area contributed by atoms with Crippen molar-refractivity contribution < 1.29 is 49.0 Å². The van der Waals surface area contributed by atoms with E-state index in [4.69, 9.17) is 16.6 Å². The molecule has 0 bridgehead atoms. The number of benzene rings is 2. The van der Waals surface area contributed by atoms with E-state index < -0.39 is 11.6 Å². The number of aliphatic carboxylic acids is 1. The van der Waals surface area contributed by atoms with Crippen LogP contribution in [0.4, 0.5) is 0 Å². The van der Waals surface area contributed by atoms with Gasteiger partial charge in [0.15, 0.2) is 0 Å². The maximum Gasteiger partial charge on any atom is 1.00 e. The molecule has 0 aromatic heterocycles. The Kier molecular flexibility index (Phi) is 10.4. The van der Waals surface area contributed by atoms with E-state index >= 15 is 0 Å². The molecule has 1 aliphatic heterocycles. The molecule has 2 aromatic rings. The minimum absolute atomic E-state index is 0. The second-order valence-electron chi connectivity index (χ2n) is 9.49. The zero-order valence-electron chi connectivity index (χ0n) is 21.5. The summed E-state index contributed by atoms with van der Waals surface area (Å²) in [7, 11) is 0. The predicted molar refractivity (Wildman–Crippen MR) is 137 cm³/mol. The standard InChI is InChI=1S/C28H32ClN3O4.Na/c1-2-7-23(19-10-12-20(13-11-19)26(35)30-17-14-24(33)34)32-27(36)25(21-8-6-9-22(29)18-21)31-28(32)15-4-3-5-16-28;/h6,8-13,18,23H,2-5,7,14-17H2,1H3,(H,30,35)(H,33,34);/q;+1/p-1/t23-;/m1./s1. The zero-order valence-corrected chi connectivity index (χ0v) is 24.2. The van der Waals surface area contributed by atoms with Gasteiger partial charge in [0, 0.05) is 35.1 Å².